The Morgan fingerprint density at radius 2 is 0.727 bits per heavy atom. The van der Waals surface area contributed by atoms with Crippen LogP contribution in [0.15, 0.2) is 0 Å². The molecule has 0 fully saturated rings. The van der Waals surface area contributed by atoms with Crippen LogP contribution in [0.5, 0.6) is 0 Å². The molecule has 0 aromatic rings. The quantitative estimate of drug-likeness (QED) is 0.136. The van der Waals surface area contributed by atoms with Crippen molar-refractivity contribution in [2.24, 2.45) is 5.92 Å². The molecule has 4 N–H and O–H groups in total. The van der Waals surface area contributed by atoms with Gasteiger partial charge in [0.1, 0.15) is 0 Å². The zero-order valence-corrected chi connectivity index (χ0v) is 25.0. The van der Waals surface area contributed by atoms with Crippen molar-refractivity contribution in [2.75, 3.05) is 0 Å². The first-order valence-electron chi connectivity index (χ1n) is 13.1. The summed E-state index contributed by atoms with van der Waals surface area (Å²) in [6.07, 6.45) is 16.8. The molecule has 0 bridgehead atoms. The topological polar surface area (TPSA) is 98.0 Å². The molecule has 0 heterocycles. The number of carbonyl (C=O) groups is 1. The van der Waals surface area contributed by atoms with Crippen LogP contribution in [0.1, 0.15) is 145 Å². The van der Waals surface area contributed by atoms with Gasteiger partial charge in [-0.3, -0.25) is 4.79 Å². The van der Waals surface area contributed by atoms with E-state index in [0.717, 1.165) is 18.8 Å². The molecule has 0 spiro atoms. The van der Waals surface area contributed by atoms with E-state index >= 15 is 0 Å². The third-order valence-corrected chi connectivity index (χ3v) is 3.92. The van der Waals surface area contributed by atoms with E-state index in [4.69, 9.17) is 20.4 Å². The third-order valence-electron chi connectivity index (χ3n) is 3.92. The van der Waals surface area contributed by atoms with Crippen molar-refractivity contribution in [3.05, 3.63) is 0 Å². The molecule has 0 aliphatic rings. The maximum Gasteiger partial charge on any atom is 0.303 e. The van der Waals surface area contributed by atoms with Gasteiger partial charge in [-0.1, -0.05) is 90.9 Å². The van der Waals surface area contributed by atoms with E-state index in [2.05, 4.69) is 13.8 Å². The molecule has 0 amide bonds. The van der Waals surface area contributed by atoms with Gasteiger partial charge in [-0.15, -0.1) is 0 Å². The van der Waals surface area contributed by atoms with Crippen molar-refractivity contribution in [3.8, 4) is 0 Å². The third kappa shape index (κ3) is 99.5. The normalized spacial score (nSPS) is 10.0. The van der Waals surface area contributed by atoms with Crippen molar-refractivity contribution in [1.82, 2.24) is 0 Å². The fourth-order valence-corrected chi connectivity index (χ4v) is 2.60. The second-order valence-corrected chi connectivity index (χ2v) is 9.85. The summed E-state index contributed by atoms with van der Waals surface area (Å²) in [7, 11) is 0. The Morgan fingerprint density at radius 3 is 0.939 bits per heavy atom. The smallest absolute Gasteiger partial charge is 0.303 e. The van der Waals surface area contributed by atoms with Gasteiger partial charge in [0.2, 0.25) is 0 Å². The van der Waals surface area contributed by atoms with Crippen molar-refractivity contribution in [3.63, 3.8) is 0 Å². The van der Waals surface area contributed by atoms with Gasteiger partial charge in [0.05, 0.1) is 0 Å². The Hall–Kier alpha value is 0.0643. The van der Waals surface area contributed by atoms with E-state index in [1.165, 1.54) is 70.6 Å². The molecule has 0 atom stereocenters. The Labute approximate surface area is 222 Å². The number of hydrogen-bond donors (Lipinski definition) is 4. The van der Waals surface area contributed by atoms with Crippen LogP contribution in [0.3, 0.4) is 0 Å². The Kier molecular flexibility index (Phi) is 47.9. The van der Waals surface area contributed by atoms with Crippen LogP contribution in [0.2, 0.25) is 0 Å². The predicted molar refractivity (Wildman–Crippen MR) is 139 cm³/mol. The van der Waals surface area contributed by atoms with Crippen LogP contribution in [-0.2, 0) is 26.5 Å². The van der Waals surface area contributed by atoms with Gasteiger partial charge in [-0.2, -0.15) is 0 Å². The fraction of sp³-hybridized carbons (Fsp3) is 0.963. The Bertz CT molecular complexity index is 312. The summed E-state index contributed by atoms with van der Waals surface area (Å²) in [5, 5.41) is 32.7. The molecule has 6 heteroatoms. The first-order chi connectivity index (χ1) is 14.8. The molecular formula is C27H60O5Ti. The SMILES string of the molecule is CC(C)CCCCCCCCCCCCCCC(=O)O.CC(C)O.CC(C)O.CC(C)O.[Ti]. The summed E-state index contributed by atoms with van der Waals surface area (Å²) in [6, 6.07) is 0. The average Bonchev–Trinajstić information content (AvgIpc) is 2.60. The molecule has 0 radical (unpaired) electrons. The molecular weight excluding hydrogens is 452 g/mol. The number of aliphatic carboxylic acids is 1. The van der Waals surface area contributed by atoms with Gasteiger partial charge in [0.25, 0.3) is 0 Å². The van der Waals surface area contributed by atoms with Crippen LogP contribution in [0.4, 0.5) is 0 Å². The second kappa shape index (κ2) is 36.6. The summed E-state index contributed by atoms with van der Waals surface area (Å²) < 4.78 is 0. The zero-order valence-electron chi connectivity index (χ0n) is 23.4. The van der Waals surface area contributed by atoms with Crippen molar-refractivity contribution >= 4 is 5.97 Å². The Morgan fingerprint density at radius 1 is 0.515 bits per heavy atom. The van der Waals surface area contributed by atoms with Crippen LogP contribution in [-0.4, -0.2) is 44.7 Å². The summed E-state index contributed by atoms with van der Waals surface area (Å²) >= 11 is 0. The minimum atomic E-state index is -0.654. The fourth-order valence-electron chi connectivity index (χ4n) is 2.60. The maximum atomic E-state index is 10.3. The van der Waals surface area contributed by atoms with E-state index in [-0.39, 0.29) is 40.0 Å². The molecule has 0 aliphatic carbocycles. The molecule has 0 rings (SSSR count). The molecule has 5 nitrogen and oxygen atoms in total. The number of carboxylic acid groups (broad SMARTS) is 1. The van der Waals surface area contributed by atoms with Gasteiger partial charge in [0.15, 0.2) is 0 Å². The van der Waals surface area contributed by atoms with Gasteiger partial charge >= 0.3 is 5.97 Å². The van der Waals surface area contributed by atoms with E-state index < -0.39 is 5.97 Å². The number of carboxylic acids is 1. The first kappa shape index (κ1) is 43.2. The summed E-state index contributed by atoms with van der Waals surface area (Å²) in [6.45, 7) is 14.9. The van der Waals surface area contributed by atoms with Gasteiger partial charge in [-0.05, 0) is 53.9 Å². The van der Waals surface area contributed by atoms with Gasteiger partial charge in [-0.25, -0.2) is 0 Å². The number of aliphatic hydroxyl groups is 3. The minimum Gasteiger partial charge on any atom is -0.481 e. The number of aliphatic hydroxyl groups excluding tert-OH is 3. The molecule has 0 aliphatic heterocycles. The number of hydrogen-bond acceptors (Lipinski definition) is 4. The minimum absolute atomic E-state index is 0. The van der Waals surface area contributed by atoms with E-state index in [0.29, 0.717) is 6.42 Å². The van der Waals surface area contributed by atoms with Crippen LogP contribution in [0, 0.1) is 5.92 Å². The molecule has 0 unspecified atom stereocenters. The summed E-state index contributed by atoms with van der Waals surface area (Å²) in [5.41, 5.74) is 0. The van der Waals surface area contributed by atoms with Crippen molar-refractivity contribution in [1.29, 1.82) is 0 Å². The van der Waals surface area contributed by atoms with E-state index in [9.17, 15) is 4.79 Å². The average molecular weight is 513 g/mol. The monoisotopic (exact) mass is 512 g/mol. The molecule has 33 heavy (non-hydrogen) atoms. The van der Waals surface area contributed by atoms with E-state index in [1.54, 1.807) is 41.5 Å². The molecule has 202 valence electrons. The van der Waals surface area contributed by atoms with Crippen molar-refractivity contribution < 1.29 is 46.9 Å². The number of rotatable bonds is 15. The predicted octanol–water partition coefficient (Wildman–Crippen LogP) is 7.35. The standard InChI is InChI=1S/C18H36O2.3C3H8O.Ti/c1-17(2)15-13-11-9-7-5-3-4-6-8-10-12-14-16-18(19)20;3*1-3(2)4;/h17H,3-16H2,1-2H3,(H,19,20);3*3-4H,1-2H3;. The first-order valence-corrected chi connectivity index (χ1v) is 13.1. The summed E-state index contributed by atoms with van der Waals surface area (Å²) in [5.74, 6) is 0.212. The molecule has 0 aromatic heterocycles. The largest absolute Gasteiger partial charge is 0.481 e. The van der Waals surface area contributed by atoms with Crippen molar-refractivity contribution in [2.45, 2.75) is 164 Å². The maximum absolute atomic E-state index is 10.3. The van der Waals surface area contributed by atoms with Gasteiger partial charge < -0.3 is 20.4 Å². The molecule has 0 saturated heterocycles. The molecule has 0 saturated carbocycles. The van der Waals surface area contributed by atoms with Gasteiger partial charge in [0, 0.05) is 46.5 Å². The zero-order chi connectivity index (χ0) is 25.8. The Balaban J connectivity index is -0.000000165. The van der Waals surface area contributed by atoms with Crippen LogP contribution >= 0.6 is 0 Å². The summed E-state index contributed by atoms with van der Waals surface area (Å²) in [4.78, 5) is 10.3. The second-order valence-electron chi connectivity index (χ2n) is 9.85. The van der Waals surface area contributed by atoms with E-state index in [1.807, 2.05) is 0 Å². The number of unbranched alkanes of at least 4 members (excludes halogenated alkanes) is 11. The van der Waals surface area contributed by atoms with Crippen LogP contribution in [0.25, 0.3) is 0 Å². The molecule has 0 aromatic carbocycles. The van der Waals surface area contributed by atoms with Crippen LogP contribution < -0.4 is 0 Å².